The second-order valence-electron chi connectivity index (χ2n) is 7.79. The third kappa shape index (κ3) is 4.57. The number of hydrogen-bond acceptors (Lipinski definition) is 0. The van der Waals surface area contributed by atoms with Gasteiger partial charge >= 0.3 is 0 Å². The Morgan fingerprint density at radius 1 is 0.828 bits per heavy atom. The third-order valence-corrected chi connectivity index (χ3v) is 5.70. The fourth-order valence-electron chi connectivity index (χ4n) is 4.08. The Labute approximate surface area is 171 Å². The molecule has 29 heavy (non-hydrogen) atoms. The summed E-state index contributed by atoms with van der Waals surface area (Å²) in [7, 11) is 0. The highest BCUT2D eigenvalue weighted by molar-refractivity contribution is 5.47. The second kappa shape index (κ2) is 8.62. The fourth-order valence-corrected chi connectivity index (χ4v) is 4.08. The van der Waals surface area contributed by atoms with Gasteiger partial charge in [-0.2, -0.15) is 0 Å². The van der Waals surface area contributed by atoms with Crippen LogP contribution in [-0.2, 0) is 19.3 Å². The Balaban J connectivity index is 1.48. The molecule has 3 aromatic carbocycles. The Hall–Kier alpha value is -2.92. The average molecular weight is 386 g/mol. The molecule has 4 rings (SSSR count). The smallest absolute Gasteiger partial charge is 0.160 e. The van der Waals surface area contributed by atoms with Gasteiger partial charge in [0.05, 0.1) is 0 Å². The summed E-state index contributed by atoms with van der Waals surface area (Å²) in [5, 5.41) is 0. The summed E-state index contributed by atoms with van der Waals surface area (Å²) >= 11 is 0. The molecule has 0 fully saturated rings. The highest BCUT2D eigenvalue weighted by atomic mass is 19.2. The number of rotatable bonds is 3. The Morgan fingerprint density at radius 3 is 2.28 bits per heavy atom. The zero-order chi connectivity index (χ0) is 20.2. The first-order valence-electron chi connectivity index (χ1n) is 10.3. The molecule has 1 aliphatic carbocycles. The van der Waals surface area contributed by atoms with Crippen LogP contribution < -0.4 is 0 Å². The summed E-state index contributed by atoms with van der Waals surface area (Å²) in [4.78, 5) is 0. The maximum Gasteiger partial charge on any atom is 0.160 e. The van der Waals surface area contributed by atoms with Crippen molar-refractivity contribution in [2.75, 3.05) is 0 Å². The number of aryl methyl sites for hydroxylation is 2. The van der Waals surface area contributed by atoms with E-state index in [4.69, 9.17) is 0 Å². The highest BCUT2D eigenvalue weighted by Crippen LogP contribution is 2.33. The zero-order valence-corrected chi connectivity index (χ0v) is 16.6. The lowest BCUT2D eigenvalue weighted by atomic mass is 9.79. The molecule has 1 unspecified atom stereocenters. The maximum absolute atomic E-state index is 13.3. The SMILES string of the molecule is CCCc1ccc(C2CCc3cc(C#Cc4ccc(F)c(F)c4)ccc3C2)cc1. The van der Waals surface area contributed by atoms with Gasteiger partial charge in [0.2, 0.25) is 0 Å². The van der Waals surface area contributed by atoms with Crippen LogP contribution >= 0.6 is 0 Å². The zero-order valence-electron chi connectivity index (χ0n) is 16.6. The van der Waals surface area contributed by atoms with Crippen molar-refractivity contribution in [1.82, 2.24) is 0 Å². The van der Waals surface area contributed by atoms with Crippen molar-refractivity contribution in [3.63, 3.8) is 0 Å². The first-order valence-corrected chi connectivity index (χ1v) is 10.3. The predicted molar refractivity (Wildman–Crippen MR) is 114 cm³/mol. The van der Waals surface area contributed by atoms with Crippen LogP contribution in [0.5, 0.6) is 0 Å². The minimum atomic E-state index is -0.865. The minimum absolute atomic E-state index is 0.480. The van der Waals surface area contributed by atoms with Crippen LogP contribution in [0.2, 0.25) is 0 Å². The van der Waals surface area contributed by atoms with Crippen molar-refractivity contribution in [3.05, 3.63) is 106 Å². The van der Waals surface area contributed by atoms with Crippen LogP contribution in [0.3, 0.4) is 0 Å². The van der Waals surface area contributed by atoms with Crippen molar-refractivity contribution in [3.8, 4) is 11.8 Å². The van der Waals surface area contributed by atoms with Gasteiger partial charge in [-0.25, -0.2) is 8.78 Å². The van der Waals surface area contributed by atoms with E-state index in [2.05, 4.69) is 55.2 Å². The van der Waals surface area contributed by atoms with Crippen LogP contribution in [0.25, 0.3) is 0 Å². The average Bonchev–Trinajstić information content (AvgIpc) is 2.75. The summed E-state index contributed by atoms with van der Waals surface area (Å²) in [6.45, 7) is 2.21. The van der Waals surface area contributed by atoms with Gasteiger partial charge in [-0.05, 0) is 84.2 Å². The topological polar surface area (TPSA) is 0 Å². The number of hydrogen-bond donors (Lipinski definition) is 0. The maximum atomic E-state index is 13.3. The lowest BCUT2D eigenvalue weighted by Gasteiger charge is -2.25. The number of halogens is 2. The highest BCUT2D eigenvalue weighted by Gasteiger charge is 2.20. The minimum Gasteiger partial charge on any atom is -0.204 e. The summed E-state index contributed by atoms with van der Waals surface area (Å²) in [6, 6.07) is 19.2. The molecule has 0 heterocycles. The summed E-state index contributed by atoms with van der Waals surface area (Å²) in [6.07, 6.45) is 5.55. The molecule has 1 aliphatic rings. The number of fused-ring (bicyclic) bond motifs is 1. The number of benzene rings is 3. The van der Waals surface area contributed by atoms with E-state index in [9.17, 15) is 8.78 Å². The van der Waals surface area contributed by atoms with Gasteiger partial charge in [0.25, 0.3) is 0 Å². The van der Waals surface area contributed by atoms with E-state index in [1.54, 1.807) is 0 Å². The van der Waals surface area contributed by atoms with Gasteiger partial charge in [-0.1, -0.05) is 55.5 Å². The fraction of sp³-hybridized carbons (Fsp3) is 0.259. The Kier molecular flexibility index (Phi) is 5.76. The molecule has 0 saturated heterocycles. The quantitative estimate of drug-likeness (QED) is 0.446. The molecule has 0 aromatic heterocycles. The first-order chi connectivity index (χ1) is 14.1. The molecule has 0 aliphatic heterocycles. The third-order valence-electron chi connectivity index (χ3n) is 5.70. The lowest BCUT2D eigenvalue weighted by Crippen LogP contribution is -2.13. The second-order valence-corrected chi connectivity index (χ2v) is 7.79. The van der Waals surface area contributed by atoms with Crippen molar-refractivity contribution >= 4 is 0 Å². The summed E-state index contributed by atoms with van der Waals surface area (Å²) in [5.41, 5.74) is 6.97. The van der Waals surface area contributed by atoms with E-state index in [0.29, 0.717) is 11.5 Å². The Morgan fingerprint density at radius 2 is 1.55 bits per heavy atom. The molecule has 1 atom stereocenters. The lowest BCUT2D eigenvalue weighted by molar-refractivity contribution is 0.508. The van der Waals surface area contributed by atoms with Crippen LogP contribution in [0, 0.1) is 23.5 Å². The van der Waals surface area contributed by atoms with E-state index in [1.807, 2.05) is 6.07 Å². The first kappa shape index (κ1) is 19.4. The van der Waals surface area contributed by atoms with Gasteiger partial charge in [0.15, 0.2) is 11.6 Å². The van der Waals surface area contributed by atoms with Gasteiger partial charge < -0.3 is 0 Å². The van der Waals surface area contributed by atoms with Gasteiger partial charge in [-0.15, -0.1) is 0 Å². The van der Waals surface area contributed by atoms with Crippen LogP contribution in [0.4, 0.5) is 8.78 Å². The molecule has 0 bridgehead atoms. The molecule has 0 N–H and O–H groups in total. The summed E-state index contributed by atoms with van der Waals surface area (Å²) < 4.78 is 26.4. The van der Waals surface area contributed by atoms with Crippen LogP contribution in [-0.4, -0.2) is 0 Å². The van der Waals surface area contributed by atoms with Crippen molar-refractivity contribution in [2.24, 2.45) is 0 Å². The molecular formula is C27H24F2. The summed E-state index contributed by atoms with van der Waals surface area (Å²) in [5.74, 6) is 4.86. The molecule has 0 amide bonds. The largest absolute Gasteiger partial charge is 0.204 e. The van der Waals surface area contributed by atoms with E-state index in [0.717, 1.165) is 43.4 Å². The van der Waals surface area contributed by atoms with Crippen molar-refractivity contribution in [1.29, 1.82) is 0 Å². The normalized spacial score (nSPS) is 15.3. The van der Waals surface area contributed by atoms with E-state index in [-0.39, 0.29) is 0 Å². The molecule has 3 aromatic rings. The van der Waals surface area contributed by atoms with Crippen molar-refractivity contribution in [2.45, 2.75) is 44.9 Å². The van der Waals surface area contributed by atoms with Crippen LogP contribution in [0.1, 0.15) is 59.1 Å². The Bertz CT molecular complexity index is 1070. The monoisotopic (exact) mass is 386 g/mol. The van der Waals surface area contributed by atoms with E-state index in [1.165, 1.54) is 34.7 Å². The van der Waals surface area contributed by atoms with Gasteiger partial charge in [0, 0.05) is 11.1 Å². The van der Waals surface area contributed by atoms with Gasteiger partial charge in [0.1, 0.15) is 0 Å². The molecule has 0 nitrogen and oxygen atoms in total. The predicted octanol–water partition coefficient (Wildman–Crippen LogP) is 6.59. The van der Waals surface area contributed by atoms with E-state index >= 15 is 0 Å². The van der Waals surface area contributed by atoms with Crippen LogP contribution in [0.15, 0.2) is 60.7 Å². The molecule has 2 heteroatoms. The molecule has 0 saturated carbocycles. The molecular weight excluding hydrogens is 362 g/mol. The molecule has 146 valence electrons. The van der Waals surface area contributed by atoms with E-state index < -0.39 is 11.6 Å². The molecule has 0 spiro atoms. The van der Waals surface area contributed by atoms with Crippen molar-refractivity contribution < 1.29 is 8.78 Å². The molecule has 0 radical (unpaired) electrons. The van der Waals surface area contributed by atoms with Gasteiger partial charge in [-0.3, -0.25) is 0 Å². The standard InChI is InChI=1S/C27H24F2/c1-2-3-19-6-10-22(11-7-19)24-14-13-23-16-20(8-12-25(23)18-24)4-5-21-9-15-26(28)27(29)17-21/h6-12,15-17,24H,2-3,13-14,18H2,1H3.